The van der Waals surface area contributed by atoms with Crippen LogP contribution in [0.5, 0.6) is 0 Å². The van der Waals surface area contributed by atoms with Crippen LogP contribution in [0.25, 0.3) is 0 Å². The number of hydrogen-bond donors (Lipinski definition) is 2. The van der Waals surface area contributed by atoms with E-state index in [0.29, 0.717) is 6.54 Å². The summed E-state index contributed by atoms with van der Waals surface area (Å²) in [5.74, 6) is -0.0861. The van der Waals surface area contributed by atoms with Crippen LogP contribution in [-0.4, -0.2) is 31.2 Å². The van der Waals surface area contributed by atoms with Crippen LogP contribution in [-0.2, 0) is 4.79 Å². The molecule has 0 aliphatic heterocycles. The molecule has 0 aliphatic carbocycles. The first-order chi connectivity index (χ1) is 7.13. The predicted octanol–water partition coefficient (Wildman–Crippen LogP) is 1.07. The van der Waals surface area contributed by atoms with Crippen LogP contribution in [0, 0.1) is 0 Å². The lowest BCUT2D eigenvalue weighted by molar-refractivity contribution is -0.114. The van der Waals surface area contributed by atoms with Crippen molar-refractivity contribution in [1.82, 2.24) is 0 Å². The molecule has 0 heterocycles. The van der Waals surface area contributed by atoms with Crippen molar-refractivity contribution in [3.8, 4) is 0 Å². The molecular weight excluding hydrogens is 192 g/mol. The molecule has 15 heavy (non-hydrogen) atoms. The van der Waals surface area contributed by atoms with E-state index in [2.05, 4.69) is 5.32 Å². The quantitative estimate of drug-likeness (QED) is 0.778. The Hall–Kier alpha value is -1.55. The second kappa shape index (κ2) is 5.36. The van der Waals surface area contributed by atoms with Crippen LogP contribution in [0.15, 0.2) is 24.3 Å². The lowest BCUT2D eigenvalue weighted by atomic mass is 10.2. The van der Waals surface area contributed by atoms with Crippen molar-refractivity contribution in [3.05, 3.63) is 24.3 Å². The summed E-state index contributed by atoms with van der Waals surface area (Å²) in [6, 6.07) is 7.50. The highest BCUT2D eigenvalue weighted by Gasteiger charge is 2.01. The first-order valence-corrected chi connectivity index (χ1v) is 4.83. The van der Waals surface area contributed by atoms with Gasteiger partial charge >= 0.3 is 0 Å². The van der Waals surface area contributed by atoms with E-state index in [9.17, 15) is 4.79 Å². The van der Waals surface area contributed by atoms with Crippen LogP contribution < -0.4 is 10.2 Å². The van der Waals surface area contributed by atoms with E-state index in [0.717, 1.165) is 11.4 Å². The zero-order valence-corrected chi connectivity index (χ0v) is 9.03. The average molecular weight is 208 g/mol. The Balaban J connectivity index is 2.77. The Morgan fingerprint density at radius 1 is 1.53 bits per heavy atom. The first kappa shape index (κ1) is 11.5. The molecule has 1 aromatic rings. The Labute approximate surface area is 89.5 Å². The van der Waals surface area contributed by atoms with Crippen LogP contribution >= 0.6 is 0 Å². The van der Waals surface area contributed by atoms with Crippen molar-refractivity contribution in [2.75, 3.05) is 30.4 Å². The summed E-state index contributed by atoms with van der Waals surface area (Å²) in [6.07, 6.45) is 0. The van der Waals surface area contributed by atoms with Gasteiger partial charge in [-0.3, -0.25) is 4.79 Å². The maximum absolute atomic E-state index is 10.9. The summed E-state index contributed by atoms with van der Waals surface area (Å²) in [7, 11) is 1.89. The van der Waals surface area contributed by atoms with E-state index >= 15 is 0 Å². The highest BCUT2D eigenvalue weighted by Crippen LogP contribution is 2.17. The number of anilines is 2. The minimum Gasteiger partial charge on any atom is -0.395 e. The third-order valence-electron chi connectivity index (χ3n) is 2.04. The third kappa shape index (κ3) is 3.59. The van der Waals surface area contributed by atoms with Crippen LogP contribution in [0.2, 0.25) is 0 Å². The molecule has 4 nitrogen and oxygen atoms in total. The third-order valence-corrected chi connectivity index (χ3v) is 2.04. The number of nitrogens with one attached hydrogen (secondary N) is 1. The van der Waals surface area contributed by atoms with E-state index in [4.69, 9.17) is 5.11 Å². The van der Waals surface area contributed by atoms with Gasteiger partial charge in [-0.1, -0.05) is 6.07 Å². The van der Waals surface area contributed by atoms with Gasteiger partial charge in [0.25, 0.3) is 0 Å². The van der Waals surface area contributed by atoms with Gasteiger partial charge in [-0.05, 0) is 18.2 Å². The molecule has 1 amide bonds. The summed E-state index contributed by atoms with van der Waals surface area (Å²) >= 11 is 0. The van der Waals surface area contributed by atoms with Gasteiger partial charge in [0, 0.05) is 31.9 Å². The lowest BCUT2D eigenvalue weighted by Crippen LogP contribution is -2.21. The molecule has 4 heteroatoms. The summed E-state index contributed by atoms with van der Waals surface area (Å²) in [6.45, 7) is 2.16. The zero-order valence-electron chi connectivity index (χ0n) is 9.03. The van der Waals surface area contributed by atoms with Crippen LogP contribution in [0.1, 0.15) is 6.92 Å². The number of carbonyl (C=O) groups is 1. The molecule has 0 saturated carbocycles. The molecule has 0 fully saturated rings. The Morgan fingerprint density at radius 2 is 2.27 bits per heavy atom. The molecule has 0 aromatic heterocycles. The molecule has 2 N–H and O–H groups in total. The van der Waals surface area contributed by atoms with Gasteiger partial charge in [-0.25, -0.2) is 0 Å². The molecule has 0 bridgehead atoms. The van der Waals surface area contributed by atoms with E-state index in [1.54, 1.807) is 0 Å². The van der Waals surface area contributed by atoms with E-state index in [1.807, 2.05) is 36.2 Å². The maximum atomic E-state index is 10.9. The lowest BCUT2D eigenvalue weighted by Gasteiger charge is -2.18. The number of rotatable bonds is 4. The fourth-order valence-corrected chi connectivity index (χ4v) is 1.30. The Morgan fingerprint density at radius 3 is 2.87 bits per heavy atom. The van der Waals surface area contributed by atoms with Crippen LogP contribution in [0.4, 0.5) is 11.4 Å². The first-order valence-electron chi connectivity index (χ1n) is 4.83. The van der Waals surface area contributed by atoms with Crippen molar-refractivity contribution in [2.24, 2.45) is 0 Å². The normalized spacial score (nSPS) is 9.80. The van der Waals surface area contributed by atoms with Crippen molar-refractivity contribution < 1.29 is 9.90 Å². The predicted molar refractivity (Wildman–Crippen MR) is 61.1 cm³/mol. The van der Waals surface area contributed by atoms with Crippen molar-refractivity contribution in [2.45, 2.75) is 6.92 Å². The molecule has 1 aromatic carbocycles. The summed E-state index contributed by atoms with van der Waals surface area (Å²) < 4.78 is 0. The van der Waals surface area contributed by atoms with Crippen LogP contribution in [0.3, 0.4) is 0 Å². The van der Waals surface area contributed by atoms with Gasteiger partial charge in [0.2, 0.25) is 5.91 Å². The molecule has 0 atom stereocenters. The van der Waals surface area contributed by atoms with Crippen molar-refractivity contribution >= 4 is 17.3 Å². The molecule has 1 rings (SSSR count). The second-order valence-corrected chi connectivity index (χ2v) is 3.38. The van der Waals surface area contributed by atoms with Gasteiger partial charge in [0.05, 0.1) is 6.61 Å². The standard InChI is InChI=1S/C11H16N2O2/c1-9(15)12-10-4-3-5-11(8-10)13(2)6-7-14/h3-5,8,14H,6-7H2,1-2H3,(H,12,15). The molecule has 0 aliphatic rings. The molecule has 82 valence electrons. The summed E-state index contributed by atoms with van der Waals surface area (Å²) in [5, 5.41) is 11.5. The maximum Gasteiger partial charge on any atom is 0.221 e. The van der Waals surface area contributed by atoms with Crippen molar-refractivity contribution in [3.63, 3.8) is 0 Å². The molecule has 0 radical (unpaired) electrons. The number of aliphatic hydroxyl groups excluding tert-OH is 1. The van der Waals surface area contributed by atoms with E-state index < -0.39 is 0 Å². The summed E-state index contributed by atoms with van der Waals surface area (Å²) in [5.41, 5.74) is 1.74. The minimum absolute atomic E-state index is 0.0861. The second-order valence-electron chi connectivity index (χ2n) is 3.38. The fourth-order valence-electron chi connectivity index (χ4n) is 1.30. The highest BCUT2D eigenvalue weighted by molar-refractivity contribution is 5.89. The number of likely N-dealkylation sites (N-methyl/N-ethyl adjacent to an activating group) is 1. The monoisotopic (exact) mass is 208 g/mol. The average Bonchev–Trinajstić information content (AvgIpc) is 2.17. The van der Waals surface area contributed by atoms with Gasteiger partial charge in [-0.2, -0.15) is 0 Å². The molecule has 0 saturated heterocycles. The topological polar surface area (TPSA) is 52.6 Å². The molecule has 0 unspecified atom stereocenters. The number of hydrogen-bond acceptors (Lipinski definition) is 3. The van der Waals surface area contributed by atoms with Gasteiger partial charge in [-0.15, -0.1) is 0 Å². The number of amides is 1. The largest absolute Gasteiger partial charge is 0.395 e. The zero-order chi connectivity index (χ0) is 11.3. The number of benzene rings is 1. The Bertz CT molecular complexity index is 339. The fraction of sp³-hybridized carbons (Fsp3) is 0.364. The number of nitrogens with zero attached hydrogens (tertiary/aromatic N) is 1. The van der Waals surface area contributed by atoms with E-state index in [-0.39, 0.29) is 12.5 Å². The van der Waals surface area contributed by atoms with Gasteiger partial charge < -0.3 is 15.3 Å². The molecular formula is C11H16N2O2. The number of aliphatic hydroxyl groups is 1. The van der Waals surface area contributed by atoms with Gasteiger partial charge in [0.1, 0.15) is 0 Å². The van der Waals surface area contributed by atoms with E-state index in [1.165, 1.54) is 6.92 Å². The Kier molecular flexibility index (Phi) is 4.12. The smallest absolute Gasteiger partial charge is 0.221 e. The summed E-state index contributed by atoms with van der Waals surface area (Å²) in [4.78, 5) is 12.8. The number of carbonyl (C=O) groups excluding carboxylic acids is 1. The van der Waals surface area contributed by atoms with Crippen molar-refractivity contribution in [1.29, 1.82) is 0 Å². The van der Waals surface area contributed by atoms with Gasteiger partial charge in [0.15, 0.2) is 0 Å². The highest BCUT2D eigenvalue weighted by atomic mass is 16.3. The SMILES string of the molecule is CC(=O)Nc1cccc(N(C)CCO)c1. The minimum atomic E-state index is -0.0861. The molecule has 0 spiro atoms.